The van der Waals surface area contributed by atoms with Crippen LogP contribution in [0.25, 0.3) is 17.3 Å². The van der Waals surface area contributed by atoms with Gasteiger partial charge in [0, 0.05) is 11.6 Å². The van der Waals surface area contributed by atoms with Crippen LogP contribution >= 0.6 is 0 Å². The van der Waals surface area contributed by atoms with E-state index in [2.05, 4.69) is 25.5 Å². The van der Waals surface area contributed by atoms with Gasteiger partial charge in [0.15, 0.2) is 11.6 Å². The summed E-state index contributed by atoms with van der Waals surface area (Å²) in [5.41, 5.74) is 1.66. The highest BCUT2D eigenvalue weighted by atomic mass is 16.5. The number of carbonyl (C=O) groups is 1. The molecule has 0 spiro atoms. The molecule has 0 bridgehead atoms. The zero-order chi connectivity index (χ0) is 21.3. The molecular weight excluding hydrogens is 384 g/mol. The summed E-state index contributed by atoms with van der Waals surface area (Å²) in [5.74, 6) is 2.08. The quantitative estimate of drug-likeness (QED) is 0.540. The highest BCUT2D eigenvalue weighted by Crippen LogP contribution is 2.24. The molecule has 0 saturated heterocycles. The van der Waals surface area contributed by atoms with Crippen LogP contribution in [0, 0.1) is 6.92 Å². The van der Waals surface area contributed by atoms with Gasteiger partial charge in [-0.3, -0.25) is 4.79 Å². The zero-order valence-corrected chi connectivity index (χ0v) is 17.2. The Morgan fingerprint density at radius 2 is 2.03 bits per heavy atom. The van der Waals surface area contributed by atoms with E-state index >= 15 is 0 Å². The lowest BCUT2D eigenvalue weighted by molar-refractivity contribution is 0.0947. The van der Waals surface area contributed by atoms with E-state index in [4.69, 9.17) is 8.94 Å². The fourth-order valence-corrected chi connectivity index (χ4v) is 2.82. The first kappa shape index (κ1) is 19.6. The Morgan fingerprint density at radius 1 is 1.20 bits per heavy atom. The first-order valence-electron chi connectivity index (χ1n) is 9.49. The van der Waals surface area contributed by atoms with Crippen LogP contribution in [0.4, 0.5) is 0 Å². The lowest BCUT2D eigenvalue weighted by Gasteiger charge is -2.10. The predicted molar refractivity (Wildman–Crippen MR) is 108 cm³/mol. The monoisotopic (exact) mass is 406 g/mol. The average Bonchev–Trinajstić information content (AvgIpc) is 3.46. The molecule has 4 rings (SSSR count). The van der Waals surface area contributed by atoms with Gasteiger partial charge >= 0.3 is 0 Å². The Balaban J connectivity index is 1.51. The minimum atomic E-state index is -0.229. The normalized spacial score (nSPS) is 11.6. The molecule has 0 unspecified atom stereocenters. The van der Waals surface area contributed by atoms with Crippen LogP contribution in [0.1, 0.15) is 48.4 Å². The average molecular weight is 406 g/mol. The summed E-state index contributed by atoms with van der Waals surface area (Å²) < 4.78 is 12.2. The zero-order valence-electron chi connectivity index (χ0n) is 17.2. The second-order valence-corrected chi connectivity index (χ2v) is 7.90. The highest BCUT2D eigenvalue weighted by Gasteiger charge is 2.22. The maximum Gasteiger partial charge on any atom is 0.259 e. The summed E-state index contributed by atoms with van der Waals surface area (Å²) >= 11 is 0. The van der Waals surface area contributed by atoms with Crippen molar-refractivity contribution in [1.82, 2.24) is 30.2 Å². The van der Waals surface area contributed by atoms with Gasteiger partial charge in [0.05, 0.1) is 35.8 Å². The van der Waals surface area contributed by atoms with E-state index in [0.29, 0.717) is 46.7 Å². The predicted octanol–water partition coefficient (Wildman–Crippen LogP) is 3.45. The van der Waals surface area contributed by atoms with Crippen molar-refractivity contribution in [2.75, 3.05) is 0 Å². The Labute approximate surface area is 173 Å². The van der Waals surface area contributed by atoms with Crippen molar-refractivity contribution in [3.8, 4) is 17.3 Å². The number of furan rings is 1. The third-order valence-electron chi connectivity index (χ3n) is 4.57. The summed E-state index contributed by atoms with van der Waals surface area (Å²) in [6.07, 6.45) is 4.74. The van der Waals surface area contributed by atoms with Crippen molar-refractivity contribution >= 4 is 5.91 Å². The number of pyridine rings is 1. The molecule has 0 aliphatic rings. The minimum absolute atomic E-state index is 0.199. The summed E-state index contributed by atoms with van der Waals surface area (Å²) in [5, 5.41) is 11.2. The molecule has 154 valence electrons. The van der Waals surface area contributed by atoms with Crippen LogP contribution in [-0.4, -0.2) is 30.8 Å². The van der Waals surface area contributed by atoms with Crippen molar-refractivity contribution in [1.29, 1.82) is 0 Å². The molecule has 0 aliphatic heterocycles. The Hall–Kier alpha value is -3.75. The largest absolute Gasteiger partial charge is 0.467 e. The summed E-state index contributed by atoms with van der Waals surface area (Å²) in [7, 11) is 0. The van der Waals surface area contributed by atoms with Crippen molar-refractivity contribution < 1.29 is 13.7 Å². The van der Waals surface area contributed by atoms with Crippen molar-refractivity contribution in [2.45, 2.75) is 39.7 Å². The standard InChI is InChI=1S/C21H22N6O3/c1-13-16(18(28)23-11-15-6-5-9-29-15)12-24-27(13)17-8-7-14(10-22-17)19-25-20(26-30-19)21(2,3)4/h5-10,12H,11H2,1-4H3,(H,23,28). The van der Waals surface area contributed by atoms with E-state index in [9.17, 15) is 4.79 Å². The van der Waals surface area contributed by atoms with Gasteiger partial charge in [0.2, 0.25) is 0 Å². The molecule has 4 heterocycles. The van der Waals surface area contributed by atoms with Gasteiger partial charge in [-0.2, -0.15) is 10.1 Å². The molecule has 0 aliphatic carbocycles. The number of aromatic nitrogens is 5. The van der Waals surface area contributed by atoms with Crippen LogP contribution in [0.15, 0.2) is 51.9 Å². The van der Waals surface area contributed by atoms with E-state index in [0.717, 1.165) is 0 Å². The van der Waals surface area contributed by atoms with E-state index in [1.165, 1.54) is 6.20 Å². The van der Waals surface area contributed by atoms with Gasteiger partial charge in [-0.1, -0.05) is 25.9 Å². The number of amides is 1. The molecule has 30 heavy (non-hydrogen) atoms. The van der Waals surface area contributed by atoms with Gasteiger partial charge in [-0.15, -0.1) is 0 Å². The van der Waals surface area contributed by atoms with E-state index in [-0.39, 0.29) is 11.3 Å². The first-order chi connectivity index (χ1) is 14.3. The smallest absolute Gasteiger partial charge is 0.259 e. The molecule has 1 N–H and O–H groups in total. The second kappa shape index (κ2) is 7.58. The molecule has 0 saturated carbocycles. The fraction of sp³-hybridized carbons (Fsp3) is 0.286. The summed E-state index contributed by atoms with van der Waals surface area (Å²) in [4.78, 5) is 21.4. The molecule has 9 heteroatoms. The number of hydrogen-bond donors (Lipinski definition) is 1. The highest BCUT2D eigenvalue weighted by molar-refractivity contribution is 5.95. The number of hydrogen-bond acceptors (Lipinski definition) is 7. The third-order valence-corrected chi connectivity index (χ3v) is 4.57. The van der Waals surface area contributed by atoms with Crippen LogP contribution in [0.2, 0.25) is 0 Å². The molecule has 0 aromatic carbocycles. The Bertz CT molecular complexity index is 1150. The SMILES string of the molecule is Cc1c(C(=O)NCc2ccco2)cnn1-c1ccc(-c2nc(C(C)(C)C)no2)cn1. The molecule has 0 atom stereocenters. The van der Waals surface area contributed by atoms with Crippen LogP contribution in [0.3, 0.4) is 0 Å². The van der Waals surface area contributed by atoms with Gasteiger partial charge in [0.25, 0.3) is 11.8 Å². The van der Waals surface area contributed by atoms with E-state index < -0.39 is 0 Å². The first-order valence-corrected chi connectivity index (χ1v) is 9.49. The number of nitrogens with zero attached hydrogens (tertiary/aromatic N) is 5. The third kappa shape index (κ3) is 3.86. The molecule has 0 radical (unpaired) electrons. The second-order valence-electron chi connectivity index (χ2n) is 7.90. The van der Waals surface area contributed by atoms with Crippen LogP contribution in [-0.2, 0) is 12.0 Å². The minimum Gasteiger partial charge on any atom is -0.467 e. The van der Waals surface area contributed by atoms with Gasteiger partial charge in [0.1, 0.15) is 5.76 Å². The molecule has 9 nitrogen and oxygen atoms in total. The molecule has 1 amide bonds. The Morgan fingerprint density at radius 3 is 2.67 bits per heavy atom. The van der Waals surface area contributed by atoms with E-state index in [1.54, 1.807) is 35.3 Å². The number of rotatable bonds is 5. The molecular formula is C21H22N6O3. The lowest BCUT2D eigenvalue weighted by Crippen LogP contribution is -2.23. The lowest BCUT2D eigenvalue weighted by atomic mass is 9.96. The number of nitrogens with one attached hydrogen (secondary N) is 1. The topological polar surface area (TPSA) is 112 Å². The number of carbonyl (C=O) groups excluding carboxylic acids is 1. The Kier molecular flexibility index (Phi) is 4.94. The molecule has 4 aromatic heterocycles. The fourth-order valence-electron chi connectivity index (χ4n) is 2.82. The van der Waals surface area contributed by atoms with E-state index in [1.807, 2.05) is 33.8 Å². The maximum atomic E-state index is 12.5. The molecule has 4 aromatic rings. The van der Waals surface area contributed by atoms with Gasteiger partial charge in [-0.25, -0.2) is 9.67 Å². The van der Waals surface area contributed by atoms with Crippen LogP contribution in [0.5, 0.6) is 0 Å². The van der Waals surface area contributed by atoms with Crippen molar-refractivity contribution in [2.24, 2.45) is 0 Å². The van der Waals surface area contributed by atoms with Gasteiger partial charge < -0.3 is 14.3 Å². The molecule has 0 fully saturated rings. The van der Waals surface area contributed by atoms with Crippen LogP contribution < -0.4 is 5.32 Å². The van der Waals surface area contributed by atoms with Crippen molar-refractivity contribution in [3.05, 3.63) is 65.8 Å². The summed E-state index contributed by atoms with van der Waals surface area (Å²) in [6.45, 7) is 8.19. The van der Waals surface area contributed by atoms with Crippen molar-refractivity contribution in [3.63, 3.8) is 0 Å². The van der Waals surface area contributed by atoms with Gasteiger partial charge in [-0.05, 0) is 31.2 Å². The summed E-state index contributed by atoms with van der Waals surface area (Å²) in [6, 6.07) is 7.20. The maximum absolute atomic E-state index is 12.5.